The normalized spacial score (nSPS) is 12.4. The van der Waals surface area contributed by atoms with E-state index in [4.69, 9.17) is 9.72 Å². The van der Waals surface area contributed by atoms with Gasteiger partial charge < -0.3 is 15.2 Å². The summed E-state index contributed by atoms with van der Waals surface area (Å²) < 4.78 is 6.92. The highest BCUT2D eigenvalue weighted by Gasteiger charge is 2.34. The van der Waals surface area contributed by atoms with Gasteiger partial charge in [-0.15, -0.1) is 0 Å². The molecule has 0 bridgehead atoms. The number of anilines is 1. The minimum Gasteiger partial charge on any atom is -0.479 e. The molecule has 0 spiro atoms. The maximum absolute atomic E-state index is 12.9. The van der Waals surface area contributed by atoms with Crippen LogP contribution in [0.5, 0.6) is 0 Å². The minimum atomic E-state index is -1.26. The molecule has 8 heteroatoms. The summed E-state index contributed by atoms with van der Waals surface area (Å²) in [5.74, 6) is -1.09. The molecule has 0 saturated heterocycles. The molecule has 3 aromatic carbocycles. The Morgan fingerprint density at radius 2 is 1.49 bits per heavy atom. The van der Waals surface area contributed by atoms with Crippen LogP contribution in [0.25, 0.3) is 32.5 Å². The van der Waals surface area contributed by atoms with Crippen molar-refractivity contribution in [3.05, 3.63) is 69.8 Å². The van der Waals surface area contributed by atoms with Gasteiger partial charge in [-0.05, 0) is 107 Å². The van der Waals surface area contributed by atoms with Gasteiger partial charge in [0.25, 0.3) is 0 Å². The number of rotatable bonds is 7. The molecule has 4 aromatic rings. The number of amides is 2. The summed E-state index contributed by atoms with van der Waals surface area (Å²) in [6, 6.07) is 12.1. The van der Waals surface area contributed by atoms with Gasteiger partial charge in [-0.25, -0.2) is 14.6 Å². The largest absolute Gasteiger partial charge is 0.479 e. The lowest BCUT2D eigenvalue weighted by Gasteiger charge is -2.28. The highest BCUT2D eigenvalue weighted by Crippen LogP contribution is 2.48. The van der Waals surface area contributed by atoms with E-state index in [0.29, 0.717) is 27.5 Å². The molecule has 0 aliphatic carbocycles. The van der Waals surface area contributed by atoms with Crippen LogP contribution in [0, 0.1) is 34.6 Å². The molecular weight excluding hydrogens is 534 g/mol. The van der Waals surface area contributed by atoms with Gasteiger partial charge in [-0.3, -0.25) is 5.32 Å². The zero-order valence-corrected chi connectivity index (χ0v) is 26.1. The van der Waals surface area contributed by atoms with Gasteiger partial charge in [-0.2, -0.15) is 0 Å². The van der Waals surface area contributed by atoms with Crippen molar-refractivity contribution < 1.29 is 19.4 Å². The number of nitrogens with zero attached hydrogens (tertiary/aromatic N) is 1. The van der Waals surface area contributed by atoms with Gasteiger partial charge in [0.1, 0.15) is 0 Å². The quantitative estimate of drug-likeness (QED) is 0.207. The van der Waals surface area contributed by atoms with Gasteiger partial charge in [-0.1, -0.05) is 47.7 Å². The number of aromatic nitrogens is 1. The van der Waals surface area contributed by atoms with Crippen molar-refractivity contribution in [2.75, 3.05) is 11.9 Å². The van der Waals surface area contributed by atoms with Crippen LogP contribution in [-0.4, -0.2) is 34.2 Å². The van der Waals surface area contributed by atoms with Crippen LogP contribution in [0.2, 0.25) is 0 Å². The number of hydrogen-bond acceptors (Lipinski definition) is 5. The van der Waals surface area contributed by atoms with Crippen LogP contribution in [0.4, 0.5) is 9.93 Å². The number of carboxylic acids is 1. The molecule has 216 valence electrons. The van der Waals surface area contributed by atoms with Crippen molar-refractivity contribution >= 4 is 38.7 Å². The van der Waals surface area contributed by atoms with E-state index >= 15 is 0 Å². The molecule has 0 saturated carbocycles. The monoisotopic (exact) mass is 573 g/mol. The van der Waals surface area contributed by atoms with E-state index in [1.165, 1.54) is 16.9 Å². The molecule has 1 unspecified atom stereocenters. The number of carboxylic acid groups (broad SMARTS) is 1. The molecule has 3 N–H and O–H groups in total. The summed E-state index contributed by atoms with van der Waals surface area (Å²) in [5, 5.41) is 16.5. The first-order chi connectivity index (χ1) is 19.2. The molecule has 1 heterocycles. The molecular formula is C33H39N3O4S. The van der Waals surface area contributed by atoms with Crippen molar-refractivity contribution in [2.24, 2.45) is 0 Å². The summed E-state index contributed by atoms with van der Waals surface area (Å²) in [6.07, 6.45) is -1.26. The Balaban J connectivity index is 2.19. The van der Waals surface area contributed by atoms with E-state index in [9.17, 15) is 14.7 Å². The Bertz CT molecular complexity index is 1650. The smallest absolute Gasteiger partial charge is 0.337 e. The third-order valence-electron chi connectivity index (χ3n) is 7.23. The SMILES string of the molecule is CCNC(=O)Nc1nc2c(-c3ccc(C)c(C)c3)c(C)c(-c3ccc(C)c(C)c3)c(C(OC(C)(C)C)C(=O)O)c2s1. The van der Waals surface area contributed by atoms with E-state index in [1.54, 1.807) is 0 Å². The summed E-state index contributed by atoms with van der Waals surface area (Å²) in [4.78, 5) is 30.3. The van der Waals surface area contributed by atoms with Crippen LogP contribution >= 0.6 is 11.3 Å². The number of fused-ring (bicyclic) bond motifs is 1. The molecule has 2 amide bonds. The van der Waals surface area contributed by atoms with Gasteiger partial charge in [0, 0.05) is 17.7 Å². The van der Waals surface area contributed by atoms with E-state index < -0.39 is 17.7 Å². The number of thiazole rings is 1. The second-order valence-electron chi connectivity index (χ2n) is 11.5. The number of carbonyl (C=O) groups excluding carboxylic acids is 1. The topological polar surface area (TPSA) is 101 Å². The molecule has 1 aromatic heterocycles. The summed E-state index contributed by atoms with van der Waals surface area (Å²) in [5.41, 5.74) is 9.50. The molecule has 4 rings (SSSR count). The van der Waals surface area contributed by atoms with E-state index in [1.807, 2.05) is 40.7 Å². The maximum atomic E-state index is 12.9. The Labute approximate surface area is 246 Å². The number of urea groups is 1. The molecule has 41 heavy (non-hydrogen) atoms. The molecule has 0 radical (unpaired) electrons. The first kappa shape index (κ1) is 30.2. The average molecular weight is 574 g/mol. The average Bonchev–Trinajstić information content (AvgIpc) is 3.27. The van der Waals surface area contributed by atoms with Crippen molar-refractivity contribution in [3.8, 4) is 22.3 Å². The summed E-state index contributed by atoms with van der Waals surface area (Å²) >= 11 is 1.26. The van der Waals surface area contributed by atoms with Gasteiger partial charge >= 0.3 is 12.0 Å². The lowest BCUT2D eigenvalue weighted by Crippen LogP contribution is -2.28. The number of aliphatic carboxylic acids is 1. The molecule has 7 nitrogen and oxygen atoms in total. The Kier molecular flexibility index (Phi) is 8.57. The number of hydrogen-bond donors (Lipinski definition) is 3. The molecule has 0 aliphatic rings. The van der Waals surface area contributed by atoms with Crippen LogP contribution in [0.15, 0.2) is 36.4 Å². The summed E-state index contributed by atoms with van der Waals surface area (Å²) in [7, 11) is 0. The van der Waals surface area contributed by atoms with Crippen LogP contribution < -0.4 is 10.6 Å². The zero-order chi connectivity index (χ0) is 30.2. The van der Waals surface area contributed by atoms with E-state index in [2.05, 4.69) is 68.7 Å². The number of ether oxygens (including phenoxy) is 1. The lowest BCUT2D eigenvalue weighted by atomic mass is 9.84. The fourth-order valence-corrected chi connectivity index (χ4v) is 6.04. The predicted octanol–water partition coefficient (Wildman–Crippen LogP) is 8.25. The summed E-state index contributed by atoms with van der Waals surface area (Å²) in [6.45, 7) is 18.1. The Hall–Kier alpha value is -3.75. The fourth-order valence-electron chi connectivity index (χ4n) is 5.00. The number of aryl methyl sites for hydroxylation is 4. The Morgan fingerprint density at radius 1 is 0.927 bits per heavy atom. The van der Waals surface area contributed by atoms with Crippen molar-refractivity contribution in [1.82, 2.24) is 10.3 Å². The fraction of sp³-hybridized carbons (Fsp3) is 0.364. The standard InChI is InChI=1S/C33H39N3O4S/c1-10-34-31(39)36-32-35-27-25(23-14-12-18(3)20(5)16-23)21(6)24(22-13-11-17(2)19(4)15-22)26(29(27)41-32)28(30(37)38)40-33(7,8)9/h11-16,28H,10H2,1-9H3,(H,37,38)(H2,34,35,36,39). The van der Waals surface area contributed by atoms with Crippen LogP contribution in [-0.2, 0) is 9.53 Å². The van der Waals surface area contributed by atoms with Gasteiger partial charge in [0.15, 0.2) is 11.2 Å². The number of carbonyl (C=O) groups is 2. The van der Waals surface area contributed by atoms with Crippen molar-refractivity contribution in [1.29, 1.82) is 0 Å². The van der Waals surface area contributed by atoms with Crippen LogP contribution in [0.3, 0.4) is 0 Å². The third-order valence-corrected chi connectivity index (χ3v) is 8.24. The van der Waals surface area contributed by atoms with E-state index in [0.717, 1.165) is 44.5 Å². The lowest BCUT2D eigenvalue weighted by molar-refractivity contribution is -0.160. The highest BCUT2D eigenvalue weighted by atomic mass is 32.1. The van der Waals surface area contributed by atoms with Crippen molar-refractivity contribution in [2.45, 2.75) is 74.0 Å². The van der Waals surface area contributed by atoms with Gasteiger partial charge in [0.05, 0.1) is 15.8 Å². The molecule has 0 aliphatic heterocycles. The van der Waals surface area contributed by atoms with Crippen molar-refractivity contribution in [3.63, 3.8) is 0 Å². The highest BCUT2D eigenvalue weighted by molar-refractivity contribution is 7.22. The number of benzene rings is 3. The van der Waals surface area contributed by atoms with Crippen LogP contribution in [0.1, 0.15) is 67.2 Å². The first-order valence-corrected chi connectivity index (χ1v) is 14.6. The second kappa shape index (κ2) is 11.6. The minimum absolute atomic E-state index is 0.368. The first-order valence-electron chi connectivity index (χ1n) is 13.8. The Morgan fingerprint density at radius 3 is 1.98 bits per heavy atom. The molecule has 0 fully saturated rings. The zero-order valence-electron chi connectivity index (χ0n) is 25.3. The second-order valence-corrected chi connectivity index (χ2v) is 12.5. The number of nitrogens with one attached hydrogen (secondary N) is 2. The predicted molar refractivity (Wildman–Crippen MR) is 168 cm³/mol. The van der Waals surface area contributed by atoms with Gasteiger partial charge in [0.2, 0.25) is 0 Å². The maximum Gasteiger partial charge on any atom is 0.337 e. The third kappa shape index (κ3) is 6.29. The molecule has 1 atom stereocenters. The van der Waals surface area contributed by atoms with E-state index in [-0.39, 0.29) is 6.03 Å².